The van der Waals surface area contributed by atoms with Crippen LogP contribution in [-0.2, 0) is 10.0 Å². The highest BCUT2D eigenvalue weighted by Crippen LogP contribution is 2.21. The van der Waals surface area contributed by atoms with Gasteiger partial charge in [-0.1, -0.05) is 42.0 Å². The van der Waals surface area contributed by atoms with Crippen molar-refractivity contribution in [1.82, 2.24) is 4.31 Å². The third-order valence-electron chi connectivity index (χ3n) is 2.17. The molecule has 0 radical (unpaired) electrons. The van der Waals surface area contributed by atoms with Crippen LogP contribution in [0.5, 0.6) is 0 Å². The normalized spacial score (nSPS) is 10.9. The average molecular weight is 272 g/mol. The Kier molecular flexibility index (Phi) is 4.37. The first kappa shape index (κ1) is 13.8. The van der Waals surface area contributed by atoms with Gasteiger partial charge < -0.3 is 0 Å². The predicted octanol–water partition coefficient (Wildman–Crippen LogP) is 2.88. The molecule has 0 aliphatic rings. The molecule has 92 valence electrons. The zero-order valence-corrected chi connectivity index (χ0v) is 11.1. The summed E-state index contributed by atoms with van der Waals surface area (Å²) in [4.78, 5) is 0.187. The van der Waals surface area contributed by atoms with E-state index in [9.17, 15) is 8.42 Å². The summed E-state index contributed by atoms with van der Waals surface area (Å²) in [5, 5.41) is -0.0505. The molecule has 0 fully saturated rings. The summed E-state index contributed by atoms with van der Waals surface area (Å²) in [5.41, 5.74) is 0.990. The quantitative estimate of drug-likeness (QED) is 0.610. The number of rotatable bonds is 5. The van der Waals surface area contributed by atoms with Crippen molar-refractivity contribution in [2.75, 3.05) is 6.54 Å². The molecule has 5 heteroatoms. The van der Waals surface area contributed by atoms with Crippen LogP contribution in [-0.4, -0.2) is 19.3 Å². The number of aryl methyl sites for hydroxylation is 1. The summed E-state index contributed by atoms with van der Waals surface area (Å²) in [6.07, 6.45) is 1.46. The zero-order valence-electron chi connectivity index (χ0n) is 9.56. The summed E-state index contributed by atoms with van der Waals surface area (Å²) in [6.45, 7) is 8.93. The Labute approximate surface area is 107 Å². The lowest BCUT2D eigenvalue weighted by atomic mass is 10.2. The van der Waals surface area contributed by atoms with Crippen molar-refractivity contribution < 1.29 is 8.42 Å². The van der Waals surface area contributed by atoms with Crippen molar-refractivity contribution in [3.63, 3.8) is 0 Å². The van der Waals surface area contributed by atoms with Crippen molar-refractivity contribution in [2.24, 2.45) is 0 Å². The van der Waals surface area contributed by atoms with Crippen LogP contribution in [0.15, 0.2) is 53.6 Å². The van der Waals surface area contributed by atoms with E-state index in [1.165, 1.54) is 6.08 Å². The highest BCUT2D eigenvalue weighted by atomic mass is 35.5. The molecule has 0 unspecified atom stereocenters. The second-order valence-corrected chi connectivity index (χ2v) is 5.81. The molecule has 0 aliphatic carbocycles. The SMILES string of the molecule is C=CCN(C(=C)Cl)S(=O)(=O)c1ccc(C)cc1. The molecule has 1 rings (SSSR count). The number of nitrogens with zero attached hydrogens (tertiary/aromatic N) is 1. The lowest BCUT2D eigenvalue weighted by molar-refractivity contribution is 0.517. The molecule has 0 aromatic heterocycles. The van der Waals surface area contributed by atoms with E-state index in [1.54, 1.807) is 24.3 Å². The van der Waals surface area contributed by atoms with Gasteiger partial charge in [-0.05, 0) is 19.1 Å². The fourth-order valence-corrected chi connectivity index (χ4v) is 2.92. The largest absolute Gasteiger partial charge is 0.265 e. The lowest BCUT2D eigenvalue weighted by Gasteiger charge is -2.21. The molecular weight excluding hydrogens is 258 g/mol. The molecule has 0 bridgehead atoms. The van der Waals surface area contributed by atoms with Crippen molar-refractivity contribution in [3.8, 4) is 0 Å². The lowest BCUT2D eigenvalue weighted by Crippen LogP contribution is -2.28. The first-order valence-corrected chi connectivity index (χ1v) is 6.76. The van der Waals surface area contributed by atoms with Gasteiger partial charge in [-0.15, -0.1) is 6.58 Å². The molecule has 0 spiro atoms. The van der Waals surface area contributed by atoms with Crippen LogP contribution in [0.4, 0.5) is 0 Å². The summed E-state index contributed by atoms with van der Waals surface area (Å²) < 4.78 is 25.4. The van der Waals surface area contributed by atoms with E-state index in [2.05, 4.69) is 13.2 Å². The highest BCUT2D eigenvalue weighted by molar-refractivity contribution is 7.89. The van der Waals surface area contributed by atoms with Gasteiger partial charge in [0.2, 0.25) is 0 Å². The molecule has 0 saturated heterocycles. The van der Waals surface area contributed by atoms with Crippen LogP contribution >= 0.6 is 11.6 Å². The fourth-order valence-electron chi connectivity index (χ4n) is 1.28. The number of benzene rings is 1. The zero-order chi connectivity index (χ0) is 13.1. The molecule has 0 aliphatic heterocycles. The molecule has 1 aromatic rings. The maximum atomic E-state index is 12.2. The maximum Gasteiger partial charge on any atom is 0.265 e. The second kappa shape index (κ2) is 5.38. The average Bonchev–Trinajstić information content (AvgIpc) is 2.25. The Morgan fingerprint density at radius 3 is 2.35 bits per heavy atom. The van der Waals surface area contributed by atoms with E-state index in [0.29, 0.717) is 0 Å². The third-order valence-corrected chi connectivity index (χ3v) is 4.30. The minimum Gasteiger partial charge on any atom is -0.253 e. The Balaban J connectivity index is 3.20. The van der Waals surface area contributed by atoms with Gasteiger partial charge in [0.1, 0.15) is 5.16 Å². The van der Waals surface area contributed by atoms with Crippen LogP contribution in [0, 0.1) is 6.92 Å². The summed E-state index contributed by atoms with van der Waals surface area (Å²) in [5.74, 6) is 0. The van der Waals surface area contributed by atoms with Gasteiger partial charge in [0.25, 0.3) is 10.0 Å². The van der Waals surface area contributed by atoms with Crippen molar-refractivity contribution in [1.29, 1.82) is 0 Å². The number of hydrogen-bond acceptors (Lipinski definition) is 2. The van der Waals surface area contributed by atoms with Gasteiger partial charge in [-0.2, -0.15) is 0 Å². The summed E-state index contributed by atoms with van der Waals surface area (Å²) in [7, 11) is -3.65. The second-order valence-electron chi connectivity index (χ2n) is 3.51. The molecule has 0 heterocycles. The van der Waals surface area contributed by atoms with E-state index < -0.39 is 10.0 Å². The molecule has 0 saturated carbocycles. The first-order chi connectivity index (χ1) is 7.89. The van der Waals surface area contributed by atoms with Crippen LogP contribution in [0.1, 0.15) is 5.56 Å². The van der Waals surface area contributed by atoms with Crippen LogP contribution in [0.2, 0.25) is 0 Å². The standard InChI is InChI=1S/C12H14ClNO2S/c1-4-9-14(11(3)13)17(15,16)12-7-5-10(2)6-8-12/h4-8H,1,3,9H2,2H3. The number of halogens is 1. The van der Waals surface area contributed by atoms with Gasteiger partial charge in [-0.3, -0.25) is 4.31 Å². The molecule has 1 aromatic carbocycles. The number of hydrogen-bond donors (Lipinski definition) is 0. The van der Waals surface area contributed by atoms with Crippen molar-refractivity contribution >= 4 is 21.6 Å². The van der Waals surface area contributed by atoms with Gasteiger partial charge in [-0.25, -0.2) is 8.42 Å². The summed E-state index contributed by atoms with van der Waals surface area (Å²) in [6, 6.07) is 6.55. The predicted molar refractivity (Wildman–Crippen MR) is 70.3 cm³/mol. The third kappa shape index (κ3) is 3.11. The van der Waals surface area contributed by atoms with E-state index >= 15 is 0 Å². The molecule has 0 atom stereocenters. The Morgan fingerprint density at radius 2 is 1.94 bits per heavy atom. The Morgan fingerprint density at radius 1 is 1.41 bits per heavy atom. The van der Waals surface area contributed by atoms with Crippen molar-refractivity contribution in [2.45, 2.75) is 11.8 Å². The van der Waals surface area contributed by atoms with E-state index in [4.69, 9.17) is 11.6 Å². The molecule has 17 heavy (non-hydrogen) atoms. The van der Waals surface area contributed by atoms with Crippen LogP contribution in [0.25, 0.3) is 0 Å². The molecular formula is C12H14ClNO2S. The van der Waals surface area contributed by atoms with Gasteiger partial charge in [0, 0.05) is 0 Å². The van der Waals surface area contributed by atoms with E-state index in [-0.39, 0.29) is 16.6 Å². The fraction of sp³-hybridized carbons (Fsp3) is 0.167. The first-order valence-electron chi connectivity index (χ1n) is 4.94. The minimum absolute atomic E-state index is 0.0505. The topological polar surface area (TPSA) is 37.4 Å². The molecule has 0 N–H and O–H groups in total. The van der Waals surface area contributed by atoms with E-state index in [1.807, 2.05) is 6.92 Å². The Bertz CT molecular complexity index is 520. The van der Waals surface area contributed by atoms with Gasteiger partial charge in [0.05, 0.1) is 11.4 Å². The Hall–Kier alpha value is -1.26. The smallest absolute Gasteiger partial charge is 0.253 e. The van der Waals surface area contributed by atoms with E-state index in [0.717, 1.165) is 9.87 Å². The molecule has 0 amide bonds. The van der Waals surface area contributed by atoms with Gasteiger partial charge >= 0.3 is 0 Å². The van der Waals surface area contributed by atoms with Gasteiger partial charge in [0.15, 0.2) is 0 Å². The highest BCUT2D eigenvalue weighted by Gasteiger charge is 2.23. The van der Waals surface area contributed by atoms with Crippen LogP contribution in [0.3, 0.4) is 0 Å². The maximum absolute atomic E-state index is 12.2. The molecule has 3 nitrogen and oxygen atoms in total. The summed E-state index contributed by atoms with van der Waals surface area (Å²) >= 11 is 5.69. The minimum atomic E-state index is -3.65. The van der Waals surface area contributed by atoms with Crippen LogP contribution < -0.4 is 0 Å². The van der Waals surface area contributed by atoms with Crippen molar-refractivity contribution in [3.05, 3.63) is 54.2 Å². The monoisotopic (exact) mass is 271 g/mol. The number of sulfonamides is 1.